The lowest BCUT2D eigenvalue weighted by Gasteiger charge is -2.20. The Morgan fingerprint density at radius 1 is 0.842 bits per heavy atom. The Kier molecular flexibility index (Phi) is 3.94. The van der Waals surface area contributed by atoms with Gasteiger partial charge >= 0.3 is 0 Å². The number of hydrogen-bond acceptors (Lipinski definition) is 1. The molecule has 19 heavy (non-hydrogen) atoms. The molecule has 0 aliphatic heterocycles. The third-order valence-electron chi connectivity index (χ3n) is 3.43. The van der Waals surface area contributed by atoms with Gasteiger partial charge in [-0.3, -0.25) is 0 Å². The van der Waals surface area contributed by atoms with Crippen molar-refractivity contribution >= 4 is 5.69 Å². The van der Waals surface area contributed by atoms with Crippen LogP contribution in [0.2, 0.25) is 0 Å². The molecule has 0 aliphatic rings. The van der Waals surface area contributed by atoms with Crippen molar-refractivity contribution < 1.29 is 0 Å². The molecule has 2 aromatic carbocycles. The normalized spacial score (nSPS) is 13.1. The van der Waals surface area contributed by atoms with Gasteiger partial charge < -0.3 is 5.32 Å². The van der Waals surface area contributed by atoms with Crippen molar-refractivity contribution in [3.8, 4) is 0 Å². The van der Waals surface area contributed by atoms with E-state index in [0.717, 1.165) is 0 Å². The molecule has 0 amide bonds. The van der Waals surface area contributed by atoms with Crippen LogP contribution < -0.4 is 5.32 Å². The molecule has 0 heterocycles. The van der Waals surface area contributed by atoms with E-state index >= 15 is 0 Å². The van der Waals surface area contributed by atoms with Crippen LogP contribution in [-0.2, 0) is 5.41 Å². The molecule has 0 saturated heterocycles. The summed E-state index contributed by atoms with van der Waals surface area (Å²) in [6.45, 7) is 8.90. The molecule has 0 aromatic heterocycles. The highest BCUT2D eigenvalue weighted by Crippen LogP contribution is 2.25. The number of benzene rings is 2. The van der Waals surface area contributed by atoms with Crippen LogP contribution in [0.3, 0.4) is 0 Å². The van der Waals surface area contributed by atoms with Crippen LogP contribution in [0.4, 0.5) is 5.69 Å². The van der Waals surface area contributed by atoms with E-state index in [4.69, 9.17) is 0 Å². The van der Waals surface area contributed by atoms with Crippen molar-refractivity contribution in [3.63, 3.8) is 0 Å². The number of anilines is 1. The highest BCUT2D eigenvalue weighted by molar-refractivity contribution is 5.47. The predicted octanol–water partition coefficient (Wildman–Crippen LogP) is 5.16. The van der Waals surface area contributed by atoms with Crippen LogP contribution >= 0.6 is 0 Å². The van der Waals surface area contributed by atoms with E-state index < -0.39 is 0 Å². The van der Waals surface area contributed by atoms with E-state index in [-0.39, 0.29) is 5.41 Å². The van der Waals surface area contributed by atoms with E-state index in [2.05, 4.69) is 81.5 Å². The smallest absolute Gasteiger partial charge is 0.0485 e. The Hall–Kier alpha value is -1.76. The van der Waals surface area contributed by atoms with Gasteiger partial charge in [0.25, 0.3) is 0 Å². The summed E-state index contributed by atoms with van der Waals surface area (Å²) in [7, 11) is 0. The summed E-state index contributed by atoms with van der Waals surface area (Å²) >= 11 is 0. The minimum Gasteiger partial charge on any atom is -0.379 e. The Morgan fingerprint density at radius 2 is 1.42 bits per heavy atom. The maximum atomic E-state index is 3.54. The molecule has 1 heteroatoms. The fourth-order valence-corrected chi connectivity index (χ4v) is 2.14. The highest BCUT2D eigenvalue weighted by Gasteiger charge is 2.13. The van der Waals surface area contributed by atoms with Crippen LogP contribution in [0.1, 0.15) is 44.9 Å². The predicted molar refractivity (Wildman–Crippen MR) is 83.6 cm³/mol. The van der Waals surface area contributed by atoms with E-state index in [1.54, 1.807) is 0 Å². The summed E-state index contributed by atoms with van der Waals surface area (Å²) in [5.41, 5.74) is 4.06. The standard InChI is InChI=1S/C18H23N/c1-14(15-8-6-5-7-9-15)19-17-12-10-16(11-13-17)18(2,3)4/h5-14,19H,1-4H3/t14-/m0/s1. The van der Waals surface area contributed by atoms with Crippen LogP contribution in [0.5, 0.6) is 0 Å². The van der Waals surface area contributed by atoms with Crippen molar-refractivity contribution in [1.82, 2.24) is 0 Å². The Labute approximate surface area is 116 Å². The molecule has 0 unspecified atom stereocenters. The molecule has 0 fully saturated rings. The summed E-state index contributed by atoms with van der Waals surface area (Å²) < 4.78 is 0. The molecule has 0 saturated carbocycles. The summed E-state index contributed by atoms with van der Waals surface area (Å²) in [6.07, 6.45) is 0. The first-order chi connectivity index (χ1) is 8.97. The number of nitrogens with one attached hydrogen (secondary N) is 1. The van der Waals surface area contributed by atoms with E-state index in [1.807, 2.05) is 6.07 Å². The van der Waals surface area contributed by atoms with Crippen molar-refractivity contribution in [3.05, 3.63) is 65.7 Å². The number of rotatable bonds is 3. The monoisotopic (exact) mass is 253 g/mol. The maximum absolute atomic E-state index is 3.54. The van der Waals surface area contributed by atoms with Gasteiger partial charge in [0, 0.05) is 11.7 Å². The second-order valence-electron chi connectivity index (χ2n) is 6.10. The van der Waals surface area contributed by atoms with Gasteiger partial charge in [0.1, 0.15) is 0 Å². The summed E-state index contributed by atoms with van der Waals surface area (Å²) in [5.74, 6) is 0. The number of hydrogen-bond donors (Lipinski definition) is 1. The average Bonchev–Trinajstić information content (AvgIpc) is 2.39. The summed E-state index contributed by atoms with van der Waals surface area (Å²) in [6, 6.07) is 19.6. The molecule has 1 nitrogen and oxygen atoms in total. The molecule has 0 bridgehead atoms. The van der Waals surface area contributed by atoms with E-state index in [0.29, 0.717) is 6.04 Å². The lowest BCUT2D eigenvalue weighted by molar-refractivity contribution is 0.590. The first-order valence-electron chi connectivity index (χ1n) is 6.89. The second-order valence-corrected chi connectivity index (χ2v) is 6.10. The van der Waals surface area contributed by atoms with Gasteiger partial charge in [0.2, 0.25) is 0 Å². The molecular formula is C18H23N. The quantitative estimate of drug-likeness (QED) is 0.797. The lowest BCUT2D eigenvalue weighted by Crippen LogP contribution is -2.11. The minimum absolute atomic E-state index is 0.212. The van der Waals surface area contributed by atoms with Crippen molar-refractivity contribution in [2.75, 3.05) is 5.32 Å². The van der Waals surface area contributed by atoms with Crippen molar-refractivity contribution in [1.29, 1.82) is 0 Å². The highest BCUT2D eigenvalue weighted by atomic mass is 14.9. The fourth-order valence-electron chi connectivity index (χ4n) is 2.14. The summed E-state index contributed by atoms with van der Waals surface area (Å²) in [4.78, 5) is 0. The SMILES string of the molecule is C[C@H](Nc1ccc(C(C)(C)C)cc1)c1ccccc1. The molecule has 0 spiro atoms. The third kappa shape index (κ3) is 3.60. The Balaban J connectivity index is 2.08. The molecule has 100 valence electrons. The zero-order valence-corrected chi connectivity index (χ0v) is 12.3. The van der Waals surface area contributed by atoms with Crippen LogP contribution in [0, 0.1) is 0 Å². The molecular weight excluding hydrogens is 230 g/mol. The fraction of sp³-hybridized carbons (Fsp3) is 0.333. The molecule has 0 radical (unpaired) electrons. The van der Waals surface area contributed by atoms with Gasteiger partial charge in [-0.15, -0.1) is 0 Å². The molecule has 0 aliphatic carbocycles. The van der Waals surface area contributed by atoms with Crippen LogP contribution in [0.15, 0.2) is 54.6 Å². The van der Waals surface area contributed by atoms with Gasteiger partial charge in [0.15, 0.2) is 0 Å². The Bertz CT molecular complexity index is 506. The van der Waals surface area contributed by atoms with Crippen LogP contribution in [0.25, 0.3) is 0 Å². The lowest BCUT2D eigenvalue weighted by atomic mass is 9.87. The third-order valence-corrected chi connectivity index (χ3v) is 3.43. The molecule has 1 atom stereocenters. The van der Waals surface area contributed by atoms with Crippen molar-refractivity contribution in [2.45, 2.75) is 39.2 Å². The van der Waals surface area contributed by atoms with Crippen LogP contribution in [-0.4, -0.2) is 0 Å². The molecule has 1 N–H and O–H groups in total. The first kappa shape index (κ1) is 13.7. The topological polar surface area (TPSA) is 12.0 Å². The molecule has 2 rings (SSSR count). The zero-order chi connectivity index (χ0) is 13.9. The van der Waals surface area contributed by atoms with Crippen molar-refractivity contribution in [2.24, 2.45) is 0 Å². The van der Waals surface area contributed by atoms with Gasteiger partial charge in [-0.05, 0) is 35.6 Å². The summed E-state index contributed by atoms with van der Waals surface area (Å²) in [5, 5.41) is 3.54. The minimum atomic E-state index is 0.212. The van der Waals surface area contributed by atoms with E-state index in [9.17, 15) is 0 Å². The maximum Gasteiger partial charge on any atom is 0.0485 e. The zero-order valence-electron chi connectivity index (χ0n) is 12.3. The van der Waals surface area contributed by atoms with Gasteiger partial charge in [-0.25, -0.2) is 0 Å². The Morgan fingerprint density at radius 3 is 1.95 bits per heavy atom. The first-order valence-corrected chi connectivity index (χ1v) is 6.89. The molecule has 2 aromatic rings. The van der Waals surface area contributed by atoms with Gasteiger partial charge in [-0.2, -0.15) is 0 Å². The van der Waals surface area contributed by atoms with Gasteiger partial charge in [0.05, 0.1) is 0 Å². The van der Waals surface area contributed by atoms with Gasteiger partial charge in [-0.1, -0.05) is 63.2 Å². The largest absolute Gasteiger partial charge is 0.379 e. The van der Waals surface area contributed by atoms with E-state index in [1.165, 1.54) is 16.8 Å². The second kappa shape index (κ2) is 5.48. The average molecular weight is 253 g/mol.